The lowest BCUT2D eigenvalue weighted by Crippen LogP contribution is -2.30. The number of methoxy groups -OCH3 is 2. The van der Waals surface area contributed by atoms with Crippen LogP contribution in [0.1, 0.15) is 26.7 Å². The molecule has 6 aromatic rings. The lowest BCUT2D eigenvalue weighted by molar-refractivity contribution is -0.116. The monoisotopic (exact) mass is 732 g/mol. The molecule has 3 N–H and O–H groups in total. The number of thiazole rings is 1. The van der Waals surface area contributed by atoms with Crippen molar-refractivity contribution in [1.82, 2.24) is 10.3 Å². The van der Waals surface area contributed by atoms with Crippen molar-refractivity contribution >= 4 is 69.1 Å². The highest BCUT2D eigenvalue weighted by molar-refractivity contribution is 8.00. The summed E-state index contributed by atoms with van der Waals surface area (Å²) < 4.78 is 10.8. The second-order valence-electron chi connectivity index (χ2n) is 10.9. The zero-order chi connectivity index (χ0) is 35.6. The number of amides is 3. The van der Waals surface area contributed by atoms with Crippen LogP contribution in [0.2, 0.25) is 0 Å². The highest BCUT2D eigenvalue weighted by Gasteiger charge is 2.24. The van der Waals surface area contributed by atoms with Crippen LogP contribution in [0.4, 0.5) is 10.8 Å². The summed E-state index contributed by atoms with van der Waals surface area (Å²) in [6, 6.07) is 32.8. The van der Waals surface area contributed by atoms with Crippen molar-refractivity contribution < 1.29 is 23.9 Å². The number of nitrogens with one attached hydrogen (secondary N) is 3. The minimum absolute atomic E-state index is 0.109. The van der Waals surface area contributed by atoms with Crippen molar-refractivity contribution in [2.45, 2.75) is 10.1 Å². The summed E-state index contributed by atoms with van der Waals surface area (Å²) in [5, 5.41) is 14.2. The van der Waals surface area contributed by atoms with Gasteiger partial charge in [-0.25, -0.2) is 4.98 Å². The fourth-order valence-electron chi connectivity index (χ4n) is 4.95. The van der Waals surface area contributed by atoms with Gasteiger partial charge in [-0.1, -0.05) is 48.5 Å². The average molecular weight is 733 g/mol. The standard InChI is InChI=1S/C39H32N4O5S3/c1-47-33-18-13-28(22-34(33)48-2)32-24-50-39(42-32)43-38(46)35(26-9-5-3-6-10-26)51-30-16-14-29(15-17-30)40-37(45)31(21-25-19-20-49-23-25)41-36(44)27-11-7-4-8-12-27/h3-24,35H,1-2H3,(H,40,45)(H,41,44)(H,42,43,46)/b31-21-. The van der Waals surface area contributed by atoms with Gasteiger partial charge in [0.2, 0.25) is 5.91 Å². The summed E-state index contributed by atoms with van der Waals surface area (Å²) in [5.74, 6) is 0.118. The quantitative estimate of drug-likeness (QED) is 0.0803. The molecule has 0 fully saturated rings. The largest absolute Gasteiger partial charge is 0.493 e. The van der Waals surface area contributed by atoms with Crippen LogP contribution in [0.5, 0.6) is 11.5 Å². The Balaban J connectivity index is 1.15. The number of hydrogen-bond donors (Lipinski definition) is 3. The average Bonchev–Trinajstić information content (AvgIpc) is 3.87. The van der Waals surface area contributed by atoms with Crippen LogP contribution in [-0.4, -0.2) is 36.9 Å². The maximum atomic E-state index is 13.8. The Morgan fingerprint density at radius 1 is 0.804 bits per heavy atom. The van der Waals surface area contributed by atoms with E-state index in [9.17, 15) is 14.4 Å². The number of carbonyl (C=O) groups is 3. The molecule has 1 unspecified atom stereocenters. The molecule has 0 spiro atoms. The third-order valence-corrected chi connectivity index (χ3v) is 10.2. The van der Waals surface area contributed by atoms with Crippen molar-refractivity contribution in [2.24, 2.45) is 0 Å². The van der Waals surface area contributed by atoms with Crippen LogP contribution in [-0.2, 0) is 9.59 Å². The van der Waals surface area contributed by atoms with E-state index in [0.29, 0.717) is 33.6 Å². The zero-order valence-corrected chi connectivity index (χ0v) is 29.9. The molecule has 256 valence electrons. The summed E-state index contributed by atoms with van der Waals surface area (Å²) in [7, 11) is 3.16. The Labute approximate surface area is 307 Å². The molecule has 3 amide bonds. The molecular weight excluding hydrogens is 701 g/mol. The molecule has 9 nitrogen and oxygen atoms in total. The van der Waals surface area contributed by atoms with Gasteiger partial charge >= 0.3 is 0 Å². The fourth-order valence-corrected chi connectivity index (χ4v) is 7.31. The van der Waals surface area contributed by atoms with Gasteiger partial charge in [0, 0.05) is 27.1 Å². The van der Waals surface area contributed by atoms with E-state index in [1.165, 1.54) is 34.4 Å². The van der Waals surface area contributed by atoms with E-state index in [1.807, 2.05) is 88.9 Å². The SMILES string of the molecule is COc1ccc(-c2csc(NC(=O)C(Sc3ccc(NC(=O)/C(=C/c4ccsc4)NC(=O)c4ccccc4)cc3)c3ccccc3)n2)cc1OC. The molecule has 12 heteroatoms. The molecule has 51 heavy (non-hydrogen) atoms. The van der Waals surface area contributed by atoms with Gasteiger partial charge in [0.05, 0.1) is 19.9 Å². The van der Waals surface area contributed by atoms with Crippen molar-refractivity contribution in [1.29, 1.82) is 0 Å². The number of benzene rings is 4. The molecule has 0 saturated carbocycles. The second-order valence-corrected chi connectivity index (χ2v) is 13.7. The van der Waals surface area contributed by atoms with Crippen LogP contribution in [0.25, 0.3) is 17.3 Å². The van der Waals surface area contributed by atoms with Crippen molar-refractivity contribution in [3.8, 4) is 22.8 Å². The lowest BCUT2D eigenvalue weighted by Gasteiger charge is -2.17. The van der Waals surface area contributed by atoms with E-state index in [0.717, 1.165) is 21.6 Å². The molecule has 6 rings (SSSR count). The summed E-state index contributed by atoms with van der Waals surface area (Å²) in [6.07, 6.45) is 1.64. The maximum Gasteiger partial charge on any atom is 0.272 e. The number of thioether (sulfide) groups is 1. The van der Waals surface area contributed by atoms with Gasteiger partial charge in [0.1, 0.15) is 10.9 Å². The Bertz CT molecular complexity index is 2140. The van der Waals surface area contributed by atoms with Crippen LogP contribution in [0, 0.1) is 0 Å². The number of anilines is 2. The van der Waals surface area contributed by atoms with E-state index in [1.54, 1.807) is 56.7 Å². The maximum absolute atomic E-state index is 13.8. The summed E-state index contributed by atoms with van der Waals surface area (Å²) in [4.78, 5) is 45.5. The molecule has 4 aromatic carbocycles. The van der Waals surface area contributed by atoms with Gasteiger partial charge in [0.15, 0.2) is 16.6 Å². The summed E-state index contributed by atoms with van der Waals surface area (Å²) in [5.41, 5.74) is 4.23. The van der Waals surface area contributed by atoms with Crippen LogP contribution in [0.3, 0.4) is 0 Å². The third-order valence-electron chi connectivity index (χ3n) is 7.50. The third kappa shape index (κ3) is 9.11. The van der Waals surface area contributed by atoms with E-state index < -0.39 is 11.2 Å². The van der Waals surface area contributed by atoms with Crippen LogP contribution >= 0.6 is 34.4 Å². The Kier molecular flexibility index (Phi) is 11.6. The fraction of sp³-hybridized carbons (Fsp3) is 0.0769. The first-order valence-electron chi connectivity index (χ1n) is 15.6. The first-order valence-corrected chi connectivity index (χ1v) is 18.3. The van der Waals surface area contributed by atoms with Gasteiger partial charge < -0.3 is 25.4 Å². The number of rotatable bonds is 13. The number of aromatic nitrogens is 1. The first kappa shape index (κ1) is 35.1. The predicted molar refractivity (Wildman–Crippen MR) is 206 cm³/mol. The van der Waals surface area contributed by atoms with Crippen molar-refractivity contribution in [2.75, 3.05) is 24.9 Å². The first-order chi connectivity index (χ1) is 24.9. The molecule has 1 atom stereocenters. The van der Waals surface area contributed by atoms with Crippen molar-refractivity contribution in [3.05, 3.63) is 148 Å². The minimum atomic E-state index is -0.589. The van der Waals surface area contributed by atoms with Crippen molar-refractivity contribution in [3.63, 3.8) is 0 Å². The molecule has 2 heterocycles. The molecule has 0 aliphatic carbocycles. The number of thiophene rings is 1. The summed E-state index contributed by atoms with van der Waals surface area (Å²) >= 11 is 4.20. The highest BCUT2D eigenvalue weighted by atomic mass is 32.2. The molecule has 0 aliphatic heterocycles. The lowest BCUT2D eigenvalue weighted by atomic mass is 10.1. The van der Waals surface area contributed by atoms with Crippen LogP contribution < -0.4 is 25.4 Å². The van der Waals surface area contributed by atoms with Gasteiger partial charge in [-0.3, -0.25) is 14.4 Å². The van der Waals surface area contributed by atoms with Gasteiger partial charge in [-0.05, 0) is 88.6 Å². The topological polar surface area (TPSA) is 119 Å². The van der Waals surface area contributed by atoms with E-state index in [4.69, 9.17) is 9.47 Å². The van der Waals surface area contributed by atoms with Crippen LogP contribution in [0.15, 0.2) is 136 Å². The van der Waals surface area contributed by atoms with E-state index in [-0.39, 0.29) is 17.5 Å². The normalized spacial score (nSPS) is 11.7. The Morgan fingerprint density at radius 2 is 1.53 bits per heavy atom. The molecule has 0 radical (unpaired) electrons. The molecule has 2 aromatic heterocycles. The smallest absolute Gasteiger partial charge is 0.272 e. The van der Waals surface area contributed by atoms with Gasteiger partial charge in [-0.15, -0.1) is 23.1 Å². The van der Waals surface area contributed by atoms with E-state index in [2.05, 4.69) is 20.9 Å². The predicted octanol–water partition coefficient (Wildman–Crippen LogP) is 8.77. The number of ether oxygens (including phenoxy) is 2. The number of hydrogen-bond acceptors (Lipinski definition) is 9. The summed E-state index contributed by atoms with van der Waals surface area (Å²) in [6.45, 7) is 0. The minimum Gasteiger partial charge on any atom is -0.493 e. The highest BCUT2D eigenvalue weighted by Crippen LogP contribution is 2.38. The Morgan fingerprint density at radius 3 is 2.22 bits per heavy atom. The Hall–Kier alpha value is -5.69. The second kappa shape index (κ2) is 16.8. The molecule has 0 bridgehead atoms. The number of nitrogens with zero attached hydrogens (tertiary/aromatic N) is 1. The van der Waals surface area contributed by atoms with Gasteiger partial charge in [-0.2, -0.15) is 11.3 Å². The molecule has 0 saturated heterocycles. The molecular formula is C39H32N4O5S3. The number of carbonyl (C=O) groups excluding carboxylic acids is 3. The van der Waals surface area contributed by atoms with E-state index >= 15 is 0 Å². The zero-order valence-electron chi connectivity index (χ0n) is 27.5. The molecule has 0 aliphatic rings. The van der Waals surface area contributed by atoms with Gasteiger partial charge in [0.25, 0.3) is 11.8 Å².